The van der Waals surface area contributed by atoms with Crippen molar-refractivity contribution in [2.75, 3.05) is 36.9 Å². The van der Waals surface area contributed by atoms with E-state index in [1.807, 2.05) is 18.2 Å². The minimum atomic E-state index is 0.730. The lowest BCUT2D eigenvalue weighted by Crippen LogP contribution is -2.26. The van der Waals surface area contributed by atoms with Gasteiger partial charge in [-0.1, -0.05) is 0 Å². The van der Waals surface area contributed by atoms with Gasteiger partial charge < -0.3 is 20.7 Å². The summed E-state index contributed by atoms with van der Waals surface area (Å²) in [5.41, 5.74) is 2.06. The molecule has 0 atom stereocenters. The van der Waals surface area contributed by atoms with E-state index in [1.165, 1.54) is 0 Å². The number of fused-ring (bicyclic) bond motifs is 1. The smallest absolute Gasteiger partial charge is 0.195 e. The fourth-order valence-electron chi connectivity index (χ4n) is 1.84. The standard InChI is InChI=1S/C11H14N4O/c1-2-10-9(12-5-6-16-10)7-8(1)15-11-13-3-4-14-11/h1-2,7,12H,3-6H2,(H2,13,14,15). The summed E-state index contributed by atoms with van der Waals surface area (Å²) in [6, 6.07) is 6.00. The average Bonchev–Trinajstić information content (AvgIpc) is 2.82. The molecular weight excluding hydrogens is 204 g/mol. The van der Waals surface area contributed by atoms with Crippen LogP contribution in [0.25, 0.3) is 0 Å². The molecule has 3 rings (SSSR count). The lowest BCUT2D eigenvalue weighted by Gasteiger charge is -2.20. The zero-order chi connectivity index (χ0) is 10.8. The lowest BCUT2D eigenvalue weighted by atomic mass is 10.2. The van der Waals surface area contributed by atoms with Gasteiger partial charge in [-0.05, 0) is 18.2 Å². The Labute approximate surface area is 93.9 Å². The molecule has 3 N–H and O–H groups in total. The van der Waals surface area contributed by atoms with Crippen LogP contribution in [0.1, 0.15) is 0 Å². The van der Waals surface area contributed by atoms with Gasteiger partial charge in [0.25, 0.3) is 0 Å². The number of hydrogen-bond acceptors (Lipinski definition) is 5. The van der Waals surface area contributed by atoms with Gasteiger partial charge in [0.1, 0.15) is 12.4 Å². The van der Waals surface area contributed by atoms with Gasteiger partial charge in [-0.3, -0.25) is 4.99 Å². The van der Waals surface area contributed by atoms with Crippen LogP contribution in [0.15, 0.2) is 23.2 Å². The first-order valence-electron chi connectivity index (χ1n) is 5.48. The van der Waals surface area contributed by atoms with E-state index in [-0.39, 0.29) is 0 Å². The number of anilines is 2. The van der Waals surface area contributed by atoms with Crippen molar-refractivity contribution in [1.29, 1.82) is 0 Å². The highest BCUT2D eigenvalue weighted by atomic mass is 16.5. The van der Waals surface area contributed by atoms with Gasteiger partial charge in [0, 0.05) is 18.8 Å². The van der Waals surface area contributed by atoms with Gasteiger partial charge in [0.2, 0.25) is 0 Å². The van der Waals surface area contributed by atoms with Crippen molar-refractivity contribution >= 4 is 17.3 Å². The second kappa shape index (κ2) is 3.92. The van der Waals surface area contributed by atoms with Crippen LogP contribution in [-0.4, -0.2) is 32.2 Å². The predicted octanol–water partition coefficient (Wildman–Crippen LogP) is 0.862. The molecule has 0 aliphatic carbocycles. The van der Waals surface area contributed by atoms with Gasteiger partial charge in [0.05, 0.1) is 12.2 Å². The topological polar surface area (TPSA) is 57.7 Å². The summed E-state index contributed by atoms with van der Waals surface area (Å²) in [7, 11) is 0. The summed E-state index contributed by atoms with van der Waals surface area (Å²) in [6.07, 6.45) is 0. The molecule has 0 saturated carbocycles. The molecule has 0 aromatic heterocycles. The molecule has 1 aromatic carbocycles. The Balaban J connectivity index is 1.80. The molecule has 2 heterocycles. The maximum absolute atomic E-state index is 5.51. The molecule has 2 aliphatic heterocycles. The van der Waals surface area contributed by atoms with Crippen LogP contribution in [0, 0.1) is 0 Å². The Kier molecular flexibility index (Phi) is 2.29. The van der Waals surface area contributed by atoms with Gasteiger partial charge in [-0.25, -0.2) is 0 Å². The summed E-state index contributed by atoms with van der Waals surface area (Å²) in [4.78, 5) is 4.29. The molecule has 0 bridgehead atoms. The third kappa shape index (κ3) is 1.76. The largest absolute Gasteiger partial charge is 0.490 e. The van der Waals surface area contributed by atoms with Crippen LogP contribution in [0.2, 0.25) is 0 Å². The molecule has 1 aromatic rings. The normalized spacial score (nSPS) is 17.6. The van der Waals surface area contributed by atoms with Crippen LogP contribution in [0.5, 0.6) is 5.75 Å². The van der Waals surface area contributed by atoms with E-state index in [2.05, 4.69) is 20.9 Å². The molecule has 0 unspecified atom stereocenters. The van der Waals surface area contributed by atoms with Crippen molar-refractivity contribution < 1.29 is 4.74 Å². The van der Waals surface area contributed by atoms with Crippen molar-refractivity contribution in [3.63, 3.8) is 0 Å². The van der Waals surface area contributed by atoms with E-state index in [0.29, 0.717) is 0 Å². The Morgan fingerprint density at radius 2 is 2.25 bits per heavy atom. The molecule has 0 fully saturated rings. The molecule has 0 radical (unpaired) electrons. The quantitative estimate of drug-likeness (QED) is 0.654. The van der Waals surface area contributed by atoms with Crippen molar-refractivity contribution in [3.8, 4) is 5.75 Å². The minimum Gasteiger partial charge on any atom is -0.490 e. The Hall–Kier alpha value is -1.91. The van der Waals surface area contributed by atoms with E-state index >= 15 is 0 Å². The monoisotopic (exact) mass is 218 g/mol. The number of nitrogens with one attached hydrogen (secondary N) is 3. The predicted molar refractivity (Wildman–Crippen MR) is 64.4 cm³/mol. The van der Waals surface area contributed by atoms with Crippen LogP contribution in [-0.2, 0) is 0 Å². The fraction of sp³-hybridized carbons (Fsp3) is 0.364. The molecule has 0 spiro atoms. The Morgan fingerprint density at radius 1 is 1.25 bits per heavy atom. The zero-order valence-corrected chi connectivity index (χ0v) is 8.92. The average molecular weight is 218 g/mol. The maximum Gasteiger partial charge on any atom is 0.195 e. The van der Waals surface area contributed by atoms with Gasteiger partial charge >= 0.3 is 0 Å². The SMILES string of the molecule is c1cc2c(cc1NC1=NCCN1)NCCO2. The molecule has 5 nitrogen and oxygen atoms in total. The van der Waals surface area contributed by atoms with Crippen molar-refractivity contribution in [1.82, 2.24) is 5.32 Å². The number of benzene rings is 1. The molecule has 2 aliphatic rings. The zero-order valence-electron chi connectivity index (χ0n) is 8.92. The highest BCUT2D eigenvalue weighted by Gasteiger charge is 2.11. The van der Waals surface area contributed by atoms with E-state index in [1.54, 1.807) is 0 Å². The fourth-order valence-corrected chi connectivity index (χ4v) is 1.84. The van der Waals surface area contributed by atoms with Crippen LogP contribution in [0.3, 0.4) is 0 Å². The van der Waals surface area contributed by atoms with E-state index < -0.39 is 0 Å². The van der Waals surface area contributed by atoms with Crippen molar-refractivity contribution in [3.05, 3.63) is 18.2 Å². The lowest BCUT2D eigenvalue weighted by molar-refractivity contribution is 0.323. The highest BCUT2D eigenvalue weighted by molar-refractivity contribution is 5.95. The number of rotatable bonds is 1. The number of aliphatic imine (C=N–C) groups is 1. The Morgan fingerprint density at radius 3 is 3.12 bits per heavy atom. The molecule has 84 valence electrons. The second-order valence-electron chi connectivity index (χ2n) is 3.77. The van der Waals surface area contributed by atoms with Crippen LogP contribution < -0.4 is 20.7 Å². The molecular formula is C11H14N4O. The van der Waals surface area contributed by atoms with E-state index in [0.717, 1.165) is 49.3 Å². The first-order valence-corrected chi connectivity index (χ1v) is 5.48. The van der Waals surface area contributed by atoms with Crippen molar-refractivity contribution in [2.45, 2.75) is 0 Å². The van der Waals surface area contributed by atoms with E-state index in [4.69, 9.17) is 4.74 Å². The highest BCUT2D eigenvalue weighted by Crippen LogP contribution is 2.29. The molecule has 0 saturated heterocycles. The van der Waals surface area contributed by atoms with Gasteiger partial charge in [-0.15, -0.1) is 0 Å². The van der Waals surface area contributed by atoms with Gasteiger partial charge in [-0.2, -0.15) is 0 Å². The minimum absolute atomic E-state index is 0.730. The number of hydrogen-bond donors (Lipinski definition) is 3. The number of guanidine groups is 1. The number of ether oxygens (including phenoxy) is 1. The maximum atomic E-state index is 5.51. The molecule has 0 amide bonds. The first kappa shape index (κ1) is 9.33. The number of nitrogens with zero attached hydrogens (tertiary/aromatic N) is 1. The first-order chi connectivity index (χ1) is 7.92. The summed E-state index contributed by atoms with van der Waals surface area (Å²) in [5, 5.41) is 9.71. The third-order valence-electron chi connectivity index (χ3n) is 2.59. The van der Waals surface area contributed by atoms with Crippen LogP contribution in [0.4, 0.5) is 11.4 Å². The van der Waals surface area contributed by atoms with Crippen LogP contribution >= 0.6 is 0 Å². The van der Waals surface area contributed by atoms with E-state index in [9.17, 15) is 0 Å². The molecule has 16 heavy (non-hydrogen) atoms. The third-order valence-corrected chi connectivity index (χ3v) is 2.59. The summed E-state index contributed by atoms with van der Waals surface area (Å²) in [5.74, 6) is 1.76. The van der Waals surface area contributed by atoms with Gasteiger partial charge in [0.15, 0.2) is 5.96 Å². The summed E-state index contributed by atoms with van der Waals surface area (Å²) in [6.45, 7) is 3.34. The Bertz CT molecular complexity index is 430. The molecule has 5 heteroatoms. The summed E-state index contributed by atoms with van der Waals surface area (Å²) < 4.78 is 5.51. The van der Waals surface area contributed by atoms with Crippen molar-refractivity contribution in [2.24, 2.45) is 4.99 Å². The summed E-state index contributed by atoms with van der Waals surface area (Å²) >= 11 is 0. The second-order valence-corrected chi connectivity index (χ2v) is 3.77.